The van der Waals surface area contributed by atoms with E-state index in [9.17, 15) is 22.8 Å². The Morgan fingerprint density at radius 1 is 1.06 bits per heavy atom. The quantitative estimate of drug-likeness (QED) is 0.408. The maximum atomic E-state index is 12.6. The first kappa shape index (κ1) is 25.3. The monoisotopic (exact) mass is 464 g/mol. The molecule has 9 nitrogen and oxygen atoms in total. The summed E-state index contributed by atoms with van der Waals surface area (Å²) in [7, 11) is -3.96. The Balaban J connectivity index is 2.12. The Hall–Kier alpha value is -2.98. The van der Waals surface area contributed by atoms with Gasteiger partial charge in [-0.1, -0.05) is 32.0 Å². The number of hydrogen-bond acceptors (Lipinski definition) is 7. The van der Waals surface area contributed by atoms with E-state index in [4.69, 9.17) is 9.47 Å². The molecule has 2 N–H and O–H groups in total. The van der Waals surface area contributed by atoms with Crippen molar-refractivity contribution in [3.8, 4) is 0 Å². The van der Waals surface area contributed by atoms with Gasteiger partial charge >= 0.3 is 11.9 Å². The van der Waals surface area contributed by atoms with Gasteiger partial charge in [-0.15, -0.1) is 0 Å². The van der Waals surface area contributed by atoms with Crippen LogP contribution in [0.2, 0.25) is 0 Å². The van der Waals surface area contributed by atoms with Gasteiger partial charge in [0.25, 0.3) is 0 Å². The minimum absolute atomic E-state index is 0.0125. The third-order valence-corrected chi connectivity index (χ3v) is 6.25. The van der Waals surface area contributed by atoms with Crippen LogP contribution in [0.3, 0.4) is 0 Å². The minimum Gasteiger partial charge on any atom is -0.462 e. The number of nitrogens with one attached hydrogen (secondary N) is 2. The number of benzene rings is 1. The molecule has 0 aliphatic heterocycles. The van der Waals surface area contributed by atoms with E-state index in [2.05, 4.69) is 9.71 Å². The fourth-order valence-corrected chi connectivity index (χ4v) is 4.48. The molecular formula is C22H28N2O7S. The minimum atomic E-state index is -3.96. The molecule has 1 heterocycles. The second kappa shape index (κ2) is 10.6. The highest BCUT2D eigenvalue weighted by Crippen LogP contribution is 2.20. The van der Waals surface area contributed by atoms with Crippen molar-refractivity contribution in [1.82, 2.24) is 9.71 Å². The summed E-state index contributed by atoms with van der Waals surface area (Å²) in [6, 6.07) is 6.45. The van der Waals surface area contributed by atoms with E-state index < -0.39 is 46.3 Å². The smallest absolute Gasteiger partial charge is 0.340 e. The average molecular weight is 465 g/mol. The van der Waals surface area contributed by atoms with Crippen LogP contribution in [0, 0.1) is 19.8 Å². The number of Topliss-reactive ketones (excluding diaryl/α,β-unsaturated/α-hetero) is 1. The molecule has 0 aliphatic rings. The Kier molecular flexibility index (Phi) is 8.34. The van der Waals surface area contributed by atoms with Crippen molar-refractivity contribution in [1.29, 1.82) is 0 Å². The number of carbonyl (C=O) groups excluding carboxylic acids is 3. The van der Waals surface area contributed by atoms with Crippen molar-refractivity contribution in [3.63, 3.8) is 0 Å². The Labute approximate surface area is 187 Å². The van der Waals surface area contributed by atoms with Crippen LogP contribution in [0.25, 0.3) is 0 Å². The fourth-order valence-electron chi connectivity index (χ4n) is 3.13. The van der Waals surface area contributed by atoms with Crippen molar-refractivity contribution in [2.24, 2.45) is 5.92 Å². The summed E-state index contributed by atoms with van der Waals surface area (Å²) in [5, 5.41) is 0. The first-order valence-electron chi connectivity index (χ1n) is 10.1. The third-order valence-electron chi connectivity index (χ3n) is 4.80. The van der Waals surface area contributed by atoms with E-state index >= 15 is 0 Å². The molecule has 1 unspecified atom stereocenters. The molecule has 0 bridgehead atoms. The summed E-state index contributed by atoms with van der Waals surface area (Å²) >= 11 is 0. The third kappa shape index (κ3) is 5.83. The van der Waals surface area contributed by atoms with Crippen LogP contribution in [0.1, 0.15) is 52.9 Å². The lowest BCUT2D eigenvalue weighted by molar-refractivity contribution is -0.145. The molecule has 1 atom stereocenters. The van der Waals surface area contributed by atoms with Crippen LogP contribution < -0.4 is 4.72 Å². The maximum Gasteiger partial charge on any atom is 0.340 e. The number of H-pyrrole nitrogens is 1. The van der Waals surface area contributed by atoms with Crippen LogP contribution in [0.15, 0.2) is 35.2 Å². The zero-order chi connectivity index (χ0) is 24.1. The normalized spacial score (nSPS) is 12.4. The van der Waals surface area contributed by atoms with Crippen LogP contribution in [-0.2, 0) is 24.3 Å². The van der Waals surface area contributed by atoms with Crippen LogP contribution in [0.4, 0.5) is 0 Å². The molecule has 0 saturated heterocycles. The van der Waals surface area contributed by atoms with Gasteiger partial charge < -0.3 is 14.5 Å². The maximum absolute atomic E-state index is 12.6. The molecule has 1 aromatic heterocycles. The van der Waals surface area contributed by atoms with Gasteiger partial charge in [0.15, 0.2) is 6.61 Å². The molecule has 0 spiro atoms. The highest BCUT2D eigenvalue weighted by molar-refractivity contribution is 7.89. The number of ether oxygens (including phenoxy) is 2. The molecule has 1 aromatic carbocycles. The molecule has 2 aromatic rings. The molecule has 0 fully saturated rings. The summed E-state index contributed by atoms with van der Waals surface area (Å²) in [6.07, 6.45) is 0. The topological polar surface area (TPSA) is 132 Å². The number of hydrogen-bond donors (Lipinski definition) is 2. The van der Waals surface area contributed by atoms with E-state index in [0.717, 1.165) is 0 Å². The summed E-state index contributed by atoms with van der Waals surface area (Å²) < 4.78 is 37.6. The molecule has 10 heteroatoms. The van der Waals surface area contributed by atoms with Gasteiger partial charge in [-0.05, 0) is 44.4 Å². The summed E-state index contributed by atoms with van der Waals surface area (Å²) in [5.41, 5.74) is 1.25. The van der Waals surface area contributed by atoms with Gasteiger partial charge in [-0.2, -0.15) is 4.72 Å². The number of carbonyl (C=O) groups is 3. The first-order chi connectivity index (χ1) is 15.0. The second-order valence-corrected chi connectivity index (χ2v) is 9.25. The van der Waals surface area contributed by atoms with Gasteiger partial charge in [0.1, 0.15) is 6.04 Å². The van der Waals surface area contributed by atoms with E-state index in [1.807, 2.05) is 0 Å². The van der Waals surface area contributed by atoms with Gasteiger partial charge in [-0.3, -0.25) is 9.59 Å². The molecule has 32 heavy (non-hydrogen) atoms. The van der Waals surface area contributed by atoms with E-state index in [1.54, 1.807) is 52.8 Å². The van der Waals surface area contributed by atoms with Crippen molar-refractivity contribution in [2.45, 2.75) is 45.6 Å². The number of aromatic amines is 1. The van der Waals surface area contributed by atoms with E-state index in [1.165, 1.54) is 12.1 Å². The lowest BCUT2D eigenvalue weighted by Crippen LogP contribution is -2.45. The Bertz CT molecular complexity index is 1090. The van der Waals surface area contributed by atoms with Crippen molar-refractivity contribution < 1.29 is 32.3 Å². The van der Waals surface area contributed by atoms with Gasteiger partial charge in [-0.25, -0.2) is 13.2 Å². The second-order valence-electron chi connectivity index (χ2n) is 7.53. The average Bonchev–Trinajstić information content (AvgIpc) is 3.04. The number of esters is 2. The molecule has 0 aliphatic carbocycles. The molecule has 0 amide bonds. The molecule has 174 valence electrons. The highest BCUT2D eigenvalue weighted by Gasteiger charge is 2.31. The predicted octanol–water partition coefficient (Wildman–Crippen LogP) is 2.54. The molecule has 0 saturated carbocycles. The SMILES string of the molecule is CCOC(=O)c1c(C)[nH]c(C(=O)COC(=O)C(NS(=O)(=O)c2ccccc2)C(C)C)c1C. The lowest BCUT2D eigenvalue weighted by Gasteiger charge is -2.20. The van der Waals surface area contributed by atoms with Crippen molar-refractivity contribution in [3.05, 3.63) is 52.8 Å². The summed E-state index contributed by atoms with van der Waals surface area (Å²) in [4.78, 5) is 40.2. The van der Waals surface area contributed by atoms with Crippen LogP contribution in [0.5, 0.6) is 0 Å². The highest BCUT2D eigenvalue weighted by atomic mass is 32.2. The first-order valence-corrected chi connectivity index (χ1v) is 11.6. The molecule has 2 rings (SSSR count). The summed E-state index contributed by atoms with van der Waals surface area (Å²) in [5.74, 6) is -2.41. The largest absolute Gasteiger partial charge is 0.462 e. The van der Waals surface area contributed by atoms with E-state index in [-0.39, 0.29) is 22.8 Å². The van der Waals surface area contributed by atoms with Crippen molar-refractivity contribution in [2.75, 3.05) is 13.2 Å². The van der Waals surface area contributed by atoms with Crippen LogP contribution >= 0.6 is 0 Å². The van der Waals surface area contributed by atoms with Gasteiger partial charge in [0, 0.05) is 5.69 Å². The number of ketones is 1. The standard InChI is InChI=1S/C22H28N2O7S/c1-6-30-21(26)18-14(4)20(23-15(18)5)17(25)12-31-22(27)19(13(2)3)24-32(28,29)16-10-8-7-9-11-16/h7-11,13,19,23-24H,6,12H2,1-5H3. The zero-order valence-electron chi connectivity index (χ0n) is 18.7. The fraction of sp³-hybridized carbons (Fsp3) is 0.409. The Morgan fingerprint density at radius 2 is 1.69 bits per heavy atom. The van der Waals surface area contributed by atoms with Crippen LogP contribution in [-0.4, -0.2) is 50.4 Å². The van der Waals surface area contributed by atoms with Gasteiger partial charge in [0.2, 0.25) is 15.8 Å². The number of rotatable bonds is 10. The predicted molar refractivity (Wildman–Crippen MR) is 117 cm³/mol. The number of sulfonamides is 1. The van der Waals surface area contributed by atoms with Gasteiger partial charge in [0.05, 0.1) is 22.8 Å². The lowest BCUT2D eigenvalue weighted by atomic mass is 10.1. The zero-order valence-corrected chi connectivity index (χ0v) is 19.5. The summed E-state index contributed by atoms with van der Waals surface area (Å²) in [6.45, 7) is 7.80. The van der Waals surface area contributed by atoms with E-state index in [0.29, 0.717) is 11.3 Å². The molecule has 0 radical (unpaired) electrons. The Morgan fingerprint density at radius 3 is 2.25 bits per heavy atom. The molecular weight excluding hydrogens is 436 g/mol. The van der Waals surface area contributed by atoms with Crippen molar-refractivity contribution >= 4 is 27.7 Å². The number of aryl methyl sites for hydroxylation is 1. The number of aromatic nitrogens is 1.